The summed E-state index contributed by atoms with van der Waals surface area (Å²) in [4.78, 5) is 38.2. The standard InChI is InChI=1S/C69H118O6/c1-4-7-10-13-16-19-22-25-27-29-30-31-32-33-34-35-36-37-38-40-41-44-47-50-53-56-59-62-68(71)74-65-66(64-73-67(70)61-58-55-52-49-46-43-24-21-18-15-12-9-6-3)75-69(72)63-60-57-54-51-48-45-42-39-28-26-23-20-17-14-11-8-5-2/h8,11-12,15,17,20-22,24-26,28-30,42,45,66H,4-7,9-10,13-14,16,18-19,23,27,31-41,43-44,46-65H2,1-3H3/b11-8-,15-12-,20-17-,24-21-,25-22-,28-26-,30-29-,45-42-. The molecule has 0 amide bonds. The molecule has 0 fully saturated rings. The van der Waals surface area contributed by atoms with Gasteiger partial charge in [0.25, 0.3) is 0 Å². The normalized spacial score (nSPS) is 12.7. The Bertz CT molecular complexity index is 1480. The summed E-state index contributed by atoms with van der Waals surface area (Å²) < 4.78 is 16.9. The molecule has 0 aromatic heterocycles. The van der Waals surface area contributed by atoms with Crippen LogP contribution in [0.25, 0.3) is 0 Å². The van der Waals surface area contributed by atoms with Crippen LogP contribution < -0.4 is 0 Å². The van der Waals surface area contributed by atoms with Crippen LogP contribution in [0.15, 0.2) is 97.2 Å². The topological polar surface area (TPSA) is 78.9 Å². The monoisotopic (exact) mass is 1040 g/mol. The van der Waals surface area contributed by atoms with E-state index in [-0.39, 0.29) is 31.1 Å². The smallest absolute Gasteiger partial charge is 0.306 e. The van der Waals surface area contributed by atoms with E-state index in [4.69, 9.17) is 14.2 Å². The Kier molecular flexibility index (Phi) is 59.8. The molecule has 0 aliphatic carbocycles. The van der Waals surface area contributed by atoms with E-state index in [1.807, 2.05) is 0 Å². The number of hydrogen-bond donors (Lipinski definition) is 0. The minimum Gasteiger partial charge on any atom is -0.462 e. The van der Waals surface area contributed by atoms with Crippen molar-refractivity contribution >= 4 is 17.9 Å². The van der Waals surface area contributed by atoms with E-state index >= 15 is 0 Å². The first-order valence-electron chi connectivity index (χ1n) is 31.7. The van der Waals surface area contributed by atoms with Crippen LogP contribution in [0.4, 0.5) is 0 Å². The van der Waals surface area contributed by atoms with Gasteiger partial charge in [0.2, 0.25) is 0 Å². The van der Waals surface area contributed by atoms with Gasteiger partial charge < -0.3 is 14.2 Å². The maximum Gasteiger partial charge on any atom is 0.306 e. The minimum atomic E-state index is -0.797. The number of allylic oxidation sites excluding steroid dienone is 16. The zero-order valence-corrected chi connectivity index (χ0v) is 49.3. The van der Waals surface area contributed by atoms with E-state index in [2.05, 4.69) is 118 Å². The van der Waals surface area contributed by atoms with Crippen molar-refractivity contribution in [3.63, 3.8) is 0 Å². The highest BCUT2D eigenvalue weighted by molar-refractivity contribution is 5.71. The number of carbonyl (C=O) groups excluding carboxylic acids is 3. The van der Waals surface area contributed by atoms with Crippen molar-refractivity contribution in [2.45, 2.75) is 309 Å². The fourth-order valence-corrected chi connectivity index (χ4v) is 8.80. The van der Waals surface area contributed by atoms with E-state index in [1.54, 1.807) is 0 Å². The summed E-state index contributed by atoms with van der Waals surface area (Å²) in [6.07, 6.45) is 84.2. The largest absolute Gasteiger partial charge is 0.462 e. The highest BCUT2D eigenvalue weighted by Gasteiger charge is 2.19. The van der Waals surface area contributed by atoms with Gasteiger partial charge in [-0.2, -0.15) is 0 Å². The first-order chi connectivity index (χ1) is 37.0. The van der Waals surface area contributed by atoms with Crippen molar-refractivity contribution in [1.82, 2.24) is 0 Å². The lowest BCUT2D eigenvalue weighted by Crippen LogP contribution is -2.30. The van der Waals surface area contributed by atoms with Crippen LogP contribution in [0.5, 0.6) is 0 Å². The lowest BCUT2D eigenvalue weighted by Gasteiger charge is -2.18. The second-order valence-electron chi connectivity index (χ2n) is 20.9. The lowest BCUT2D eigenvalue weighted by molar-refractivity contribution is -0.167. The third-order valence-electron chi connectivity index (χ3n) is 13.5. The van der Waals surface area contributed by atoms with Gasteiger partial charge in [-0.25, -0.2) is 0 Å². The van der Waals surface area contributed by atoms with Crippen molar-refractivity contribution in [2.24, 2.45) is 0 Å². The molecule has 6 nitrogen and oxygen atoms in total. The molecule has 75 heavy (non-hydrogen) atoms. The maximum absolute atomic E-state index is 12.9. The number of ether oxygens (including phenoxy) is 3. The first kappa shape index (κ1) is 71.3. The fourth-order valence-electron chi connectivity index (χ4n) is 8.80. The SMILES string of the molecule is CC/C=C\C/C=C\C/C=C\C/C=C\CCCCCCC(=O)OC(COC(=O)CCCCCCC/C=C\C/C=C\CCC)COC(=O)CCCCCCCCCCCCCCCCC/C=C\C/C=C\CCCCCCC. The summed E-state index contributed by atoms with van der Waals surface area (Å²) in [6, 6.07) is 0. The van der Waals surface area contributed by atoms with Crippen LogP contribution in [0.2, 0.25) is 0 Å². The average Bonchev–Trinajstić information content (AvgIpc) is 3.41. The quantitative estimate of drug-likeness (QED) is 0.0261. The summed E-state index contributed by atoms with van der Waals surface area (Å²) in [6.45, 7) is 6.44. The molecule has 0 radical (unpaired) electrons. The van der Waals surface area contributed by atoms with E-state index in [0.717, 1.165) is 135 Å². The Hall–Kier alpha value is -3.67. The van der Waals surface area contributed by atoms with Gasteiger partial charge in [0, 0.05) is 19.3 Å². The fraction of sp³-hybridized carbons (Fsp3) is 0.725. The number of unbranched alkanes of at least 4 members (excludes halogenated alkanes) is 30. The molecule has 1 atom stereocenters. The van der Waals surface area contributed by atoms with Crippen molar-refractivity contribution in [2.75, 3.05) is 13.2 Å². The molecule has 0 aromatic rings. The van der Waals surface area contributed by atoms with Gasteiger partial charge >= 0.3 is 17.9 Å². The summed E-state index contributed by atoms with van der Waals surface area (Å²) >= 11 is 0. The molecule has 0 aliphatic rings. The molecule has 6 heteroatoms. The molecular weight excluding hydrogens is 925 g/mol. The molecule has 0 heterocycles. The minimum absolute atomic E-state index is 0.0914. The van der Waals surface area contributed by atoms with E-state index in [9.17, 15) is 14.4 Å². The van der Waals surface area contributed by atoms with Crippen molar-refractivity contribution in [1.29, 1.82) is 0 Å². The van der Waals surface area contributed by atoms with Crippen LogP contribution in [-0.2, 0) is 28.6 Å². The molecule has 430 valence electrons. The van der Waals surface area contributed by atoms with Crippen LogP contribution >= 0.6 is 0 Å². The van der Waals surface area contributed by atoms with Gasteiger partial charge in [0.05, 0.1) is 0 Å². The summed E-state index contributed by atoms with van der Waals surface area (Å²) in [5.41, 5.74) is 0. The molecule has 1 unspecified atom stereocenters. The number of esters is 3. The van der Waals surface area contributed by atoms with Crippen LogP contribution in [0.1, 0.15) is 303 Å². The van der Waals surface area contributed by atoms with Crippen LogP contribution in [0, 0.1) is 0 Å². The second kappa shape index (κ2) is 62.9. The zero-order valence-electron chi connectivity index (χ0n) is 49.3. The Morgan fingerprint density at radius 1 is 0.280 bits per heavy atom. The predicted molar refractivity (Wildman–Crippen MR) is 325 cm³/mol. The summed E-state index contributed by atoms with van der Waals surface area (Å²) in [5.74, 6) is -0.923. The van der Waals surface area contributed by atoms with Gasteiger partial charge in [-0.1, -0.05) is 266 Å². The molecule has 0 bridgehead atoms. The number of carbonyl (C=O) groups is 3. The molecular formula is C69H118O6. The number of hydrogen-bond acceptors (Lipinski definition) is 6. The first-order valence-corrected chi connectivity index (χ1v) is 31.7. The molecule has 0 rings (SSSR count). The number of rotatable bonds is 57. The average molecular weight is 1040 g/mol. The van der Waals surface area contributed by atoms with Crippen LogP contribution in [0.3, 0.4) is 0 Å². The Labute approximate surface area is 464 Å². The van der Waals surface area contributed by atoms with Gasteiger partial charge in [-0.05, 0) is 116 Å². The molecule has 0 spiro atoms. The second-order valence-corrected chi connectivity index (χ2v) is 20.9. The highest BCUT2D eigenvalue weighted by Crippen LogP contribution is 2.16. The van der Waals surface area contributed by atoms with Crippen molar-refractivity contribution in [3.05, 3.63) is 97.2 Å². The molecule has 0 saturated carbocycles. The van der Waals surface area contributed by atoms with Gasteiger partial charge in [-0.15, -0.1) is 0 Å². The lowest BCUT2D eigenvalue weighted by atomic mass is 10.0. The van der Waals surface area contributed by atoms with Crippen LogP contribution in [-0.4, -0.2) is 37.2 Å². The third kappa shape index (κ3) is 61.1. The van der Waals surface area contributed by atoms with Gasteiger partial charge in [-0.3, -0.25) is 14.4 Å². The summed E-state index contributed by atoms with van der Waals surface area (Å²) in [7, 11) is 0. The van der Waals surface area contributed by atoms with E-state index in [1.165, 1.54) is 128 Å². The van der Waals surface area contributed by atoms with E-state index in [0.29, 0.717) is 19.3 Å². The van der Waals surface area contributed by atoms with Gasteiger partial charge in [0.15, 0.2) is 6.10 Å². The Morgan fingerprint density at radius 2 is 0.547 bits per heavy atom. The maximum atomic E-state index is 12.9. The van der Waals surface area contributed by atoms with E-state index < -0.39 is 6.10 Å². The Balaban J connectivity index is 4.29. The van der Waals surface area contributed by atoms with Crippen molar-refractivity contribution in [3.8, 4) is 0 Å². The van der Waals surface area contributed by atoms with Crippen molar-refractivity contribution < 1.29 is 28.6 Å². The summed E-state index contributed by atoms with van der Waals surface area (Å²) in [5, 5.41) is 0. The molecule has 0 aromatic carbocycles. The Morgan fingerprint density at radius 3 is 0.867 bits per heavy atom. The highest BCUT2D eigenvalue weighted by atomic mass is 16.6. The third-order valence-corrected chi connectivity index (χ3v) is 13.5. The molecule has 0 saturated heterocycles. The molecule has 0 N–H and O–H groups in total. The predicted octanol–water partition coefficient (Wildman–Crippen LogP) is 21.7. The zero-order chi connectivity index (χ0) is 54.3. The molecule has 0 aliphatic heterocycles. The van der Waals surface area contributed by atoms with Gasteiger partial charge in [0.1, 0.15) is 13.2 Å².